The van der Waals surface area contributed by atoms with Crippen LogP contribution in [0.4, 0.5) is 0 Å². The second-order valence-corrected chi connectivity index (χ2v) is 24.2. The molecule has 388 valence electrons. The highest BCUT2D eigenvalue weighted by atomic mass is 16.5. The van der Waals surface area contributed by atoms with E-state index in [1.165, 1.54) is 70.6 Å². The van der Waals surface area contributed by atoms with Crippen molar-refractivity contribution < 1.29 is 28.7 Å². The summed E-state index contributed by atoms with van der Waals surface area (Å²) in [5.74, 6) is -0.0941. The molecule has 0 saturated carbocycles. The van der Waals surface area contributed by atoms with Gasteiger partial charge in [-0.1, -0.05) is 186 Å². The molecule has 1 atom stereocenters. The predicted molar refractivity (Wildman–Crippen MR) is 277 cm³/mol. The molecule has 0 fully saturated rings. The van der Waals surface area contributed by atoms with Crippen molar-refractivity contribution in [3.8, 4) is 0 Å². The molecule has 0 radical (unpaired) electrons. The van der Waals surface area contributed by atoms with Gasteiger partial charge in [-0.25, -0.2) is 0 Å². The van der Waals surface area contributed by atoms with Crippen LogP contribution < -0.4 is 26.6 Å². The Labute approximate surface area is 406 Å². The van der Waals surface area contributed by atoms with Crippen LogP contribution in [0.2, 0.25) is 0 Å². The lowest BCUT2D eigenvalue weighted by atomic mass is 9.82. The number of carbonyl (C=O) groups is 4. The molecule has 0 saturated heterocycles. The van der Waals surface area contributed by atoms with Crippen molar-refractivity contribution >= 4 is 23.6 Å². The number of carbonyl (C=O) groups excluding carboxylic acids is 4. The van der Waals surface area contributed by atoms with Gasteiger partial charge in [0, 0.05) is 67.1 Å². The van der Waals surface area contributed by atoms with E-state index in [0.29, 0.717) is 71.9 Å². The van der Waals surface area contributed by atoms with E-state index in [1.54, 1.807) is 7.05 Å². The summed E-state index contributed by atoms with van der Waals surface area (Å²) < 4.78 is 12.2. The molecule has 0 aliphatic heterocycles. The van der Waals surface area contributed by atoms with Crippen molar-refractivity contribution in [2.24, 2.45) is 32.5 Å². The summed E-state index contributed by atoms with van der Waals surface area (Å²) >= 11 is 0. The molecule has 0 aliphatic rings. The van der Waals surface area contributed by atoms with E-state index in [4.69, 9.17) is 9.47 Å². The minimum absolute atomic E-state index is 0.0490. The van der Waals surface area contributed by atoms with Crippen LogP contribution in [0, 0.1) is 32.5 Å². The van der Waals surface area contributed by atoms with Gasteiger partial charge in [0.15, 0.2) is 0 Å². The smallest absolute Gasteiger partial charge is 0.237 e. The number of unbranched alkanes of at least 4 members (excludes halogenated alkanes) is 12. The molecule has 0 unspecified atom stereocenters. The number of ether oxygens (including phenoxy) is 2. The molecule has 11 heteroatoms. The first kappa shape index (κ1) is 63.5. The summed E-state index contributed by atoms with van der Waals surface area (Å²) in [6, 6.07) is -0.506. The Morgan fingerprint density at radius 1 is 0.455 bits per heavy atom. The second kappa shape index (κ2) is 33.1. The maximum Gasteiger partial charge on any atom is 0.237 e. The van der Waals surface area contributed by atoms with Crippen LogP contribution in [0.1, 0.15) is 219 Å². The number of nitrogens with one attached hydrogen (secondary N) is 5. The molecule has 0 bridgehead atoms. The van der Waals surface area contributed by atoms with E-state index in [0.717, 1.165) is 25.7 Å². The van der Waals surface area contributed by atoms with Gasteiger partial charge < -0.3 is 36.1 Å². The maximum atomic E-state index is 13.1. The van der Waals surface area contributed by atoms with Crippen LogP contribution >= 0.6 is 0 Å². The Morgan fingerprint density at radius 3 is 1.20 bits per heavy atom. The van der Waals surface area contributed by atoms with E-state index in [1.807, 2.05) is 13.8 Å². The van der Waals surface area contributed by atoms with E-state index < -0.39 is 6.04 Å². The lowest BCUT2D eigenvalue weighted by Gasteiger charge is -2.30. The minimum atomic E-state index is -0.506. The van der Waals surface area contributed by atoms with Gasteiger partial charge in [0.1, 0.15) is 0 Å². The lowest BCUT2D eigenvalue weighted by molar-refractivity contribution is -0.125. The van der Waals surface area contributed by atoms with Crippen LogP contribution in [0.5, 0.6) is 0 Å². The van der Waals surface area contributed by atoms with Crippen LogP contribution in [0.3, 0.4) is 0 Å². The van der Waals surface area contributed by atoms with Gasteiger partial charge in [-0.05, 0) is 43.6 Å². The van der Waals surface area contributed by atoms with Crippen molar-refractivity contribution in [1.82, 2.24) is 26.6 Å². The van der Waals surface area contributed by atoms with Crippen molar-refractivity contribution in [3.05, 3.63) is 12.2 Å². The lowest BCUT2D eigenvalue weighted by Crippen LogP contribution is -2.47. The molecular weight excluding hydrogens is 827 g/mol. The van der Waals surface area contributed by atoms with Gasteiger partial charge in [-0.2, -0.15) is 0 Å². The third kappa shape index (κ3) is 35.6. The number of hydrogen-bond donors (Lipinski definition) is 5. The van der Waals surface area contributed by atoms with Crippen LogP contribution in [-0.2, 0) is 28.7 Å². The van der Waals surface area contributed by atoms with Crippen molar-refractivity contribution in [2.75, 3.05) is 59.7 Å². The van der Waals surface area contributed by atoms with E-state index in [2.05, 4.69) is 122 Å². The van der Waals surface area contributed by atoms with Gasteiger partial charge in [-0.15, -0.1) is 0 Å². The van der Waals surface area contributed by atoms with Crippen LogP contribution in [-0.4, -0.2) is 89.3 Å². The molecule has 0 heterocycles. The highest BCUT2D eigenvalue weighted by molar-refractivity contribution is 5.83. The molecule has 66 heavy (non-hydrogen) atoms. The molecule has 0 rings (SSSR count). The molecular formula is C55H107N5O6. The summed E-state index contributed by atoms with van der Waals surface area (Å²) in [6.45, 7) is 33.7. The number of rotatable bonds is 41. The van der Waals surface area contributed by atoms with E-state index >= 15 is 0 Å². The first-order chi connectivity index (χ1) is 30.7. The van der Waals surface area contributed by atoms with Gasteiger partial charge in [0.05, 0.1) is 32.5 Å². The Bertz CT molecular complexity index is 1370. The van der Waals surface area contributed by atoms with Crippen LogP contribution in [0.15, 0.2) is 12.2 Å². The number of likely N-dealkylation sites (N-methyl/N-ethyl adjacent to an activating group) is 1. The summed E-state index contributed by atoms with van der Waals surface area (Å²) in [4.78, 5) is 51.2. The average Bonchev–Trinajstić information content (AvgIpc) is 3.24. The third-order valence-electron chi connectivity index (χ3n) is 12.7. The number of hydrogen-bond acceptors (Lipinski definition) is 7. The van der Waals surface area contributed by atoms with Gasteiger partial charge in [-0.3, -0.25) is 19.2 Å². The fourth-order valence-corrected chi connectivity index (χ4v) is 7.21. The Balaban J connectivity index is 4.38. The fourth-order valence-electron chi connectivity index (χ4n) is 7.21. The average molecular weight is 934 g/mol. The molecule has 0 aromatic carbocycles. The molecule has 0 aromatic heterocycles. The Morgan fingerprint density at radius 2 is 0.803 bits per heavy atom. The zero-order chi connectivity index (χ0) is 50.3. The topological polar surface area (TPSA) is 147 Å². The summed E-state index contributed by atoms with van der Waals surface area (Å²) in [7, 11) is 1.73. The molecule has 11 nitrogen and oxygen atoms in total. The summed E-state index contributed by atoms with van der Waals surface area (Å²) in [6.07, 6.45) is 24.8. The summed E-state index contributed by atoms with van der Waals surface area (Å²) in [5.41, 5.74) is -0.972. The minimum Gasteiger partial charge on any atom is -0.380 e. The van der Waals surface area contributed by atoms with E-state index in [-0.39, 0.29) is 62.5 Å². The first-order valence-corrected chi connectivity index (χ1v) is 26.3. The fraction of sp³-hybridized carbons (Fsp3) is 0.891. The normalized spacial score (nSPS) is 13.5. The number of amides is 4. The molecule has 0 spiro atoms. The molecule has 0 aromatic rings. The van der Waals surface area contributed by atoms with Crippen molar-refractivity contribution in [3.63, 3.8) is 0 Å². The van der Waals surface area contributed by atoms with Gasteiger partial charge >= 0.3 is 0 Å². The highest BCUT2D eigenvalue weighted by Crippen LogP contribution is 2.29. The zero-order valence-corrected chi connectivity index (χ0v) is 45.8. The monoisotopic (exact) mass is 934 g/mol. The third-order valence-corrected chi connectivity index (χ3v) is 12.7. The van der Waals surface area contributed by atoms with Crippen LogP contribution in [0.25, 0.3) is 0 Å². The molecule has 4 amide bonds. The Kier molecular flexibility index (Phi) is 31.9. The van der Waals surface area contributed by atoms with E-state index in [9.17, 15) is 19.2 Å². The number of allylic oxidation sites excluding steroid dienone is 2. The largest absolute Gasteiger partial charge is 0.380 e. The van der Waals surface area contributed by atoms with Gasteiger partial charge in [0.2, 0.25) is 23.6 Å². The standard InChI is InChI=1S/C55H107N5O6/c1-16-18-19-20-21-22-23-24-25-26-27-28-29-30-46(61)57-37-52(7,8)41-65-42-53(9,10)38-58-47(62)32-31-45(56-15)49(64)60-40-55(13,14)44-66-43-54(11,12)39-59-48(63)33-34-51(5,6)36-35-50(3,4)17-2/h35-36,45,56H,16-34,37-44H2,1-15H3,(H,57,61)(H,58,62)(H,59,63)(H,60,64)/b36-35-/t45-/m0/s1. The first-order valence-electron chi connectivity index (χ1n) is 26.3. The quantitative estimate of drug-likeness (QED) is 0.0303. The maximum absolute atomic E-state index is 13.1. The van der Waals surface area contributed by atoms with Gasteiger partial charge in [0.25, 0.3) is 0 Å². The molecule has 0 aliphatic carbocycles. The Hall–Kier alpha value is -2.50. The zero-order valence-electron chi connectivity index (χ0n) is 45.8. The second-order valence-electron chi connectivity index (χ2n) is 24.2. The SMILES string of the molecule is CCCCCCCCCCCCCCCC(=O)NCC(C)(C)COCC(C)(C)CNC(=O)CC[C@H](NC)C(=O)NCC(C)(C)COCC(C)(C)CNC(=O)CCC(C)(C)/C=C\C(C)(C)CC. The highest BCUT2D eigenvalue weighted by Gasteiger charge is 2.28. The van der Waals surface area contributed by atoms with Crippen molar-refractivity contribution in [2.45, 2.75) is 225 Å². The summed E-state index contributed by atoms with van der Waals surface area (Å²) in [5, 5.41) is 15.4. The predicted octanol–water partition coefficient (Wildman–Crippen LogP) is 11.2. The van der Waals surface area contributed by atoms with Crippen molar-refractivity contribution in [1.29, 1.82) is 0 Å². The molecule has 5 N–H and O–H groups in total.